The summed E-state index contributed by atoms with van der Waals surface area (Å²) in [6, 6.07) is 2.72. The molecular formula is C11H11N5O3. The molecule has 2 aromatic rings. The van der Waals surface area contributed by atoms with Gasteiger partial charge < -0.3 is 9.32 Å². The zero-order valence-electron chi connectivity index (χ0n) is 10.3. The smallest absolute Gasteiger partial charge is 0.397 e. The predicted octanol–water partition coefficient (Wildman–Crippen LogP) is 1.87. The van der Waals surface area contributed by atoms with Crippen LogP contribution in [0.4, 0.5) is 11.6 Å². The maximum atomic E-state index is 10.5. The fourth-order valence-electron chi connectivity index (χ4n) is 1.24. The standard InChI is InChI=1S/C11H11N5O3/c1-15(2)7-14-8-5-12-11(13-6-8)9-3-4-10(19-9)16(17)18/h3-7H,1-2H3. The summed E-state index contributed by atoms with van der Waals surface area (Å²) in [7, 11) is 3.70. The molecule has 19 heavy (non-hydrogen) atoms. The van der Waals surface area contributed by atoms with E-state index in [-0.39, 0.29) is 17.5 Å². The first-order valence-corrected chi connectivity index (χ1v) is 5.33. The van der Waals surface area contributed by atoms with Gasteiger partial charge in [0.1, 0.15) is 10.6 Å². The second kappa shape index (κ2) is 5.25. The molecular weight excluding hydrogens is 250 g/mol. The van der Waals surface area contributed by atoms with E-state index < -0.39 is 4.92 Å². The summed E-state index contributed by atoms with van der Waals surface area (Å²) in [5.41, 5.74) is 0.582. The average molecular weight is 261 g/mol. The van der Waals surface area contributed by atoms with Crippen LogP contribution in [0.1, 0.15) is 0 Å². The van der Waals surface area contributed by atoms with Crippen LogP contribution >= 0.6 is 0 Å². The van der Waals surface area contributed by atoms with Crippen LogP contribution in [0, 0.1) is 10.1 Å². The molecule has 0 atom stereocenters. The molecule has 8 nitrogen and oxygen atoms in total. The van der Waals surface area contributed by atoms with Gasteiger partial charge in [-0.15, -0.1) is 0 Å². The summed E-state index contributed by atoms with van der Waals surface area (Å²) >= 11 is 0. The molecule has 0 radical (unpaired) electrons. The fraction of sp³-hybridized carbons (Fsp3) is 0.182. The highest BCUT2D eigenvalue weighted by atomic mass is 16.6. The predicted molar refractivity (Wildman–Crippen MR) is 68.2 cm³/mol. The van der Waals surface area contributed by atoms with Crippen molar-refractivity contribution in [2.75, 3.05) is 14.1 Å². The van der Waals surface area contributed by atoms with Crippen molar-refractivity contribution in [3.8, 4) is 11.6 Å². The molecule has 0 aliphatic rings. The molecule has 0 aromatic carbocycles. The van der Waals surface area contributed by atoms with E-state index in [1.165, 1.54) is 24.5 Å². The molecule has 0 saturated carbocycles. The topological polar surface area (TPSA) is 97.7 Å². The molecule has 0 fully saturated rings. The summed E-state index contributed by atoms with van der Waals surface area (Å²) in [5, 5.41) is 10.5. The van der Waals surface area contributed by atoms with Gasteiger partial charge in [-0.2, -0.15) is 0 Å². The first-order valence-electron chi connectivity index (χ1n) is 5.33. The Morgan fingerprint density at radius 2 is 2.05 bits per heavy atom. The van der Waals surface area contributed by atoms with Crippen molar-refractivity contribution >= 4 is 17.9 Å². The highest BCUT2D eigenvalue weighted by Gasteiger charge is 2.14. The Morgan fingerprint density at radius 1 is 1.37 bits per heavy atom. The van der Waals surface area contributed by atoms with Gasteiger partial charge in [0, 0.05) is 14.1 Å². The number of rotatable bonds is 4. The summed E-state index contributed by atoms with van der Waals surface area (Å²) in [4.78, 5) is 23.9. The second-order valence-corrected chi connectivity index (χ2v) is 3.87. The lowest BCUT2D eigenvalue weighted by atomic mass is 10.4. The van der Waals surface area contributed by atoms with Crippen molar-refractivity contribution in [3.05, 3.63) is 34.6 Å². The Kier molecular flexibility index (Phi) is 3.51. The Labute approximate surface area is 108 Å². The van der Waals surface area contributed by atoms with Crippen LogP contribution in [0.15, 0.2) is 33.9 Å². The lowest BCUT2D eigenvalue weighted by molar-refractivity contribution is -0.401. The van der Waals surface area contributed by atoms with Crippen molar-refractivity contribution < 1.29 is 9.34 Å². The van der Waals surface area contributed by atoms with E-state index in [1.54, 1.807) is 11.2 Å². The van der Waals surface area contributed by atoms with Gasteiger partial charge in [0.15, 0.2) is 11.6 Å². The van der Waals surface area contributed by atoms with Crippen LogP contribution in [-0.2, 0) is 0 Å². The highest BCUT2D eigenvalue weighted by molar-refractivity contribution is 5.60. The first-order chi connectivity index (χ1) is 9.06. The highest BCUT2D eigenvalue weighted by Crippen LogP contribution is 2.23. The van der Waals surface area contributed by atoms with Gasteiger partial charge in [-0.1, -0.05) is 0 Å². The van der Waals surface area contributed by atoms with Gasteiger partial charge in [-0.05, 0) is 6.07 Å². The summed E-state index contributed by atoms with van der Waals surface area (Å²) in [5.74, 6) is 0.181. The molecule has 8 heteroatoms. The first kappa shape index (κ1) is 12.7. The Balaban J connectivity index is 2.19. The van der Waals surface area contributed by atoms with Gasteiger partial charge in [0.25, 0.3) is 0 Å². The van der Waals surface area contributed by atoms with Crippen molar-refractivity contribution in [1.29, 1.82) is 0 Å². The van der Waals surface area contributed by atoms with Crippen molar-refractivity contribution in [2.45, 2.75) is 0 Å². The van der Waals surface area contributed by atoms with Crippen LogP contribution in [0.25, 0.3) is 11.6 Å². The molecule has 0 amide bonds. The van der Waals surface area contributed by atoms with Gasteiger partial charge in [-0.25, -0.2) is 15.0 Å². The van der Waals surface area contributed by atoms with E-state index in [0.29, 0.717) is 5.69 Å². The maximum absolute atomic E-state index is 10.5. The zero-order chi connectivity index (χ0) is 13.8. The molecule has 0 aliphatic carbocycles. The average Bonchev–Trinajstić information content (AvgIpc) is 2.86. The van der Waals surface area contributed by atoms with E-state index in [1.807, 2.05) is 14.1 Å². The summed E-state index contributed by atoms with van der Waals surface area (Å²) < 4.78 is 5.00. The van der Waals surface area contributed by atoms with Crippen molar-refractivity contribution in [1.82, 2.24) is 14.9 Å². The number of nitro groups is 1. The molecule has 0 saturated heterocycles. The van der Waals surface area contributed by atoms with Crippen molar-refractivity contribution in [3.63, 3.8) is 0 Å². The normalized spacial score (nSPS) is 10.8. The minimum absolute atomic E-state index is 0.245. The van der Waals surface area contributed by atoms with Crippen molar-refractivity contribution in [2.24, 2.45) is 4.99 Å². The summed E-state index contributed by atoms with van der Waals surface area (Å²) in [6.45, 7) is 0. The lowest BCUT2D eigenvalue weighted by Gasteiger charge is -2.01. The number of hydrogen-bond donors (Lipinski definition) is 0. The quantitative estimate of drug-likeness (QED) is 0.360. The second-order valence-electron chi connectivity index (χ2n) is 3.87. The molecule has 2 heterocycles. The van der Waals surface area contributed by atoms with Crippen LogP contribution in [0.5, 0.6) is 0 Å². The molecule has 0 spiro atoms. The Bertz CT molecular complexity index is 603. The monoisotopic (exact) mass is 261 g/mol. The molecule has 2 rings (SSSR count). The van der Waals surface area contributed by atoms with Crippen LogP contribution in [-0.4, -0.2) is 40.2 Å². The van der Waals surface area contributed by atoms with Crippen LogP contribution < -0.4 is 0 Å². The molecule has 0 N–H and O–H groups in total. The van der Waals surface area contributed by atoms with E-state index >= 15 is 0 Å². The van der Waals surface area contributed by atoms with Gasteiger partial charge in [0.2, 0.25) is 0 Å². The number of furan rings is 1. The minimum atomic E-state index is -0.612. The maximum Gasteiger partial charge on any atom is 0.433 e. The van der Waals surface area contributed by atoms with Gasteiger partial charge in [0.05, 0.1) is 24.8 Å². The Hall–Kier alpha value is -2.77. The molecule has 2 aromatic heterocycles. The van der Waals surface area contributed by atoms with E-state index in [4.69, 9.17) is 4.42 Å². The Morgan fingerprint density at radius 3 is 2.58 bits per heavy atom. The van der Waals surface area contributed by atoms with E-state index in [2.05, 4.69) is 15.0 Å². The zero-order valence-corrected chi connectivity index (χ0v) is 10.3. The molecule has 0 bridgehead atoms. The van der Waals surface area contributed by atoms with E-state index in [0.717, 1.165) is 0 Å². The van der Waals surface area contributed by atoms with Crippen LogP contribution in [0.2, 0.25) is 0 Å². The number of nitrogens with zero attached hydrogens (tertiary/aromatic N) is 5. The summed E-state index contributed by atoms with van der Waals surface area (Å²) in [6.07, 6.45) is 4.64. The minimum Gasteiger partial charge on any atom is -0.397 e. The molecule has 0 unspecified atom stereocenters. The SMILES string of the molecule is CN(C)C=Nc1cnc(-c2ccc([N+](=O)[O-])o2)nc1. The fourth-order valence-corrected chi connectivity index (χ4v) is 1.24. The third-order valence-corrected chi connectivity index (χ3v) is 2.07. The third-order valence-electron chi connectivity index (χ3n) is 2.07. The molecule has 0 aliphatic heterocycles. The molecule has 98 valence electrons. The van der Waals surface area contributed by atoms with Crippen LogP contribution in [0.3, 0.4) is 0 Å². The third kappa shape index (κ3) is 3.12. The lowest BCUT2D eigenvalue weighted by Crippen LogP contribution is -2.07. The largest absolute Gasteiger partial charge is 0.433 e. The van der Waals surface area contributed by atoms with E-state index in [9.17, 15) is 10.1 Å². The van der Waals surface area contributed by atoms with Gasteiger partial charge in [-0.3, -0.25) is 10.1 Å². The number of aromatic nitrogens is 2. The number of aliphatic imine (C=N–C) groups is 1. The van der Waals surface area contributed by atoms with Gasteiger partial charge >= 0.3 is 5.88 Å². The number of hydrogen-bond acceptors (Lipinski definition) is 6.